The topological polar surface area (TPSA) is 58.2 Å². The fourth-order valence-electron chi connectivity index (χ4n) is 2.47. The minimum atomic E-state index is -0.231. The number of anilines is 1. The van der Waals surface area contributed by atoms with Crippen LogP contribution in [0.25, 0.3) is 0 Å². The van der Waals surface area contributed by atoms with Crippen molar-refractivity contribution in [2.45, 2.75) is 6.42 Å². The van der Waals surface area contributed by atoms with E-state index in [1.807, 2.05) is 36.4 Å². The van der Waals surface area contributed by atoms with Crippen LogP contribution in [0.2, 0.25) is 0 Å². The molecule has 0 saturated carbocycles. The third kappa shape index (κ3) is 4.80. The summed E-state index contributed by atoms with van der Waals surface area (Å²) in [5.74, 6) is -0.436. The van der Waals surface area contributed by atoms with Crippen LogP contribution in [0.4, 0.5) is 5.69 Å². The van der Waals surface area contributed by atoms with Crippen LogP contribution in [0.5, 0.6) is 0 Å². The molecule has 132 valence electrons. The molecule has 2 N–H and O–H groups in total. The van der Waals surface area contributed by atoms with E-state index in [1.165, 1.54) is 11.3 Å². The highest BCUT2D eigenvalue weighted by Crippen LogP contribution is 2.24. The lowest BCUT2D eigenvalue weighted by atomic mass is 10.1. The molecule has 26 heavy (non-hydrogen) atoms. The van der Waals surface area contributed by atoms with Gasteiger partial charge in [0.05, 0.1) is 19.9 Å². The molecule has 2 aromatic carbocycles. The number of carbonyl (C=O) groups is 2. The fourth-order valence-corrected chi connectivity index (χ4v) is 3.75. The summed E-state index contributed by atoms with van der Waals surface area (Å²) in [4.78, 5) is 25.4. The van der Waals surface area contributed by atoms with Crippen LogP contribution in [-0.2, 0) is 6.42 Å². The Labute approximate surface area is 164 Å². The van der Waals surface area contributed by atoms with Crippen molar-refractivity contribution in [1.29, 1.82) is 0 Å². The number of amides is 2. The number of nitrogens with one attached hydrogen (secondary N) is 2. The normalized spacial score (nSPS) is 10.3. The highest BCUT2D eigenvalue weighted by atomic mass is 79.9. The van der Waals surface area contributed by atoms with Crippen LogP contribution < -0.4 is 10.6 Å². The third-order valence-corrected chi connectivity index (χ3v) is 5.38. The molecule has 3 rings (SSSR count). The number of halogens is 1. The van der Waals surface area contributed by atoms with E-state index in [0.717, 1.165) is 15.8 Å². The van der Waals surface area contributed by atoms with Gasteiger partial charge in [-0.3, -0.25) is 9.59 Å². The van der Waals surface area contributed by atoms with Crippen LogP contribution in [-0.4, -0.2) is 18.4 Å². The quantitative estimate of drug-likeness (QED) is 0.595. The number of rotatable bonds is 6. The number of thiophene rings is 1. The van der Waals surface area contributed by atoms with Crippen LogP contribution in [0, 0.1) is 0 Å². The lowest BCUT2D eigenvalue weighted by Crippen LogP contribution is -2.27. The van der Waals surface area contributed by atoms with Crippen LogP contribution in [0.3, 0.4) is 0 Å². The molecule has 0 atom stereocenters. The van der Waals surface area contributed by atoms with E-state index >= 15 is 0 Å². The first-order valence-electron chi connectivity index (χ1n) is 8.11. The van der Waals surface area contributed by atoms with Gasteiger partial charge >= 0.3 is 0 Å². The number of hydrogen-bond donors (Lipinski definition) is 2. The van der Waals surface area contributed by atoms with Crippen LogP contribution in [0.15, 0.2) is 70.5 Å². The Hall–Kier alpha value is -2.44. The van der Waals surface area contributed by atoms with E-state index in [1.54, 1.807) is 30.3 Å². The molecule has 0 spiro atoms. The van der Waals surface area contributed by atoms with Gasteiger partial charge in [0, 0.05) is 6.54 Å². The van der Waals surface area contributed by atoms with Gasteiger partial charge in [-0.2, -0.15) is 0 Å². The van der Waals surface area contributed by atoms with Gasteiger partial charge in [0.15, 0.2) is 0 Å². The SMILES string of the molecule is O=C(Nc1ccccc1C(=O)NCCc1ccccc1)c1ccc(Br)s1. The molecule has 0 radical (unpaired) electrons. The monoisotopic (exact) mass is 428 g/mol. The number of para-hydroxylation sites is 1. The fraction of sp³-hybridized carbons (Fsp3) is 0.100. The molecule has 1 aromatic heterocycles. The van der Waals surface area contributed by atoms with Crippen LogP contribution >= 0.6 is 27.3 Å². The van der Waals surface area contributed by atoms with Gasteiger partial charge in [0.2, 0.25) is 0 Å². The standard InChI is InChI=1S/C20H17BrN2O2S/c21-18-11-10-17(26-18)20(25)23-16-9-5-4-8-15(16)19(24)22-13-12-14-6-2-1-3-7-14/h1-11H,12-13H2,(H,22,24)(H,23,25). The molecule has 4 nitrogen and oxygen atoms in total. The van der Waals surface area contributed by atoms with Crippen molar-refractivity contribution in [1.82, 2.24) is 5.32 Å². The van der Waals surface area contributed by atoms with Crippen LogP contribution in [0.1, 0.15) is 25.6 Å². The van der Waals surface area contributed by atoms with E-state index in [-0.39, 0.29) is 11.8 Å². The molecule has 2 amide bonds. The minimum absolute atomic E-state index is 0.204. The number of benzene rings is 2. The van der Waals surface area contributed by atoms with E-state index in [0.29, 0.717) is 22.7 Å². The molecule has 0 unspecified atom stereocenters. The third-order valence-electron chi connectivity index (χ3n) is 3.76. The predicted molar refractivity (Wildman–Crippen MR) is 109 cm³/mol. The van der Waals surface area contributed by atoms with Gasteiger partial charge in [-0.25, -0.2) is 0 Å². The Balaban J connectivity index is 1.64. The first-order chi connectivity index (χ1) is 12.6. The molecular formula is C20H17BrN2O2S. The Kier molecular flexibility index (Phi) is 6.20. The van der Waals surface area contributed by atoms with E-state index in [2.05, 4.69) is 26.6 Å². The second-order valence-corrected chi connectivity index (χ2v) is 8.06. The molecule has 0 aliphatic heterocycles. The largest absolute Gasteiger partial charge is 0.352 e. The molecule has 6 heteroatoms. The summed E-state index contributed by atoms with van der Waals surface area (Å²) in [5.41, 5.74) is 2.11. The van der Waals surface area contributed by atoms with Crippen molar-refractivity contribution < 1.29 is 9.59 Å². The average molecular weight is 429 g/mol. The maximum Gasteiger partial charge on any atom is 0.265 e. The Bertz CT molecular complexity index is 909. The van der Waals surface area contributed by atoms with Crippen molar-refractivity contribution in [3.8, 4) is 0 Å². The molecule has 0 aliphatic carbocycles. The second kappa shape index (κ2) is 8.78. The molecule has 0 saturated heterocycles. The molecule has 0 aliphatic rings. The van der Waals surface area contributed by atoms with E-state index < -0.39 is 0 Å². The zero-order valence-corrected chi connectivity index (χ0v) is 16.3. The summed E-state index contributed by atoms with van der Waals surface area (Å²) in [5, 5.41) is 5.73. The maximum absolute atomic E-state index is 12.5. The van der Waals surface area contributed by atoms with Gasteiger partial charge in [0.25, 0.3) is 11.8 Å². The summed E-state index contributed by atoms with van der Waals surface area (Å²) < 4.78 is 0.884. The zero-order chi connectivity index (χ0) is 18.4. The lowest BCUT2D eigenvalue weighted by Gasteiger charge is -2.11. The summed E-state index contributed by atoms with van der Waals surface area (Å²) in [7, 11) is 0. The summed E-state index contributed by atoms with van der Waals surface area (Å²) in [6.07, 6.45) is 0.754. The van der Waals surface area contributed by atoms with Gasteiger partial charge in [-0.15, -0.1) is 11.3 Å². The van der Waals surface area contributed by atoms with Crippen molar-refractivity contribution in [2.24, 2.45) is 0 Å². The molecular weight excluding hydrogens is 412 g/mol. The highest BCUT2D eigenvalue weighted by molar-refractivity contribution is 9.11. The molecule has 1 heterocycles. The smallest absolute Gasteiger partial charge is 0.265 e. The van der Waals surface area contributed by atoms with Gasteiger partial charge in [-0.1, -0.05) is 42.5 Å². The summed E-state index contributed by atoms with van der Waals surface area (Å²) >= 11 is 4.69. The van der Waals surface area contributed by atoms with Gasteiger partial charge < -0.3 is 10.6 Å². The van der Waals surface area contributed by atoms with Gasteiger partial charge in [-0.05, 0) is 52.2 Å². The van der Waals surface area contributed by atoms with Crippen molar-refractivity contribution >= 4 is 44.8 Å². The lowest BCUT2D eigenvalue weighted by molar-refractivity contribution is 0.0955. The van der Waals surface area contributed by atoms with Crippen molar-refractivity contribution in [2.75, 3.05) is 11.9 Å². The highest BCUT2D eigenvalue weighted by Gasteiger charge is 2.14. The Morgan fingerprint density at radius 3 is 2.35 bits per heavy atom. The first-order valence-corrected chi connectivity index (χ1v) is 9.72. The van der Waals surface area contributed by atoms with Crippen molar-refractivity contribution in [3.63, 3.8) is 0 Å². The summed E-state index contributed by atoms with van der Waals surface area (Å²) in [6, 6.07) is 20.5. The minimum Gasteiger partial charge on any atom is -0.352 e. The number of carbonyl (C=O) groups excluding carboxylic acids is 2. The molecule has 3 aromatic rings. The Morgan fingerprint density at radius 1 is 0.885 bits per heavy atom. The van der Waals surface area contributed by atoms with E-state index in [9.17, 15) is 9.59 Å². The van der Waals surface area contributed by atoms with E-state index in [4.69, 9.17) is 0 Å². The predicted octanol–water partition coefficient (Wildman–Crippen LogP) is 4.74. The average Bonchev–Trinajstić information content (AvgIpc) is 3.09. The van der Waals surface area contributed by atoms with Crippen molar-refractivity contribution in [3.05, 3.63) is 86.5 Å². The van der Waals surface area contributed by atoms with Gasteiger partial charge in [0.1, 0.15) is 0 Å². The zero-order valence-electron chi connectivity index (χ0n) is 13.9. The maximum atomic E-state index is 12.5. The molecule has 0 bridgehead atoms. The first kappa shape index (κ1) is 18.4. The molecule has 0 fully saturated rings. The second-order valence-electron chi connectivity index (χ2n) is 5.59. The summed E-state index contributed by atoms with van der Waals surface area (Å²) in [6.45, 7) is 0.531. The number of hydrogen-bond acceptors (Lipinski definition) is 3. The Morgan fingerprint density at radius 2 is 1.62 bits per heavy atom.